The molecular formula is C14H12ClFN2O3. The van der Waals surface area contributed by atoms with Crippen LogP contribution in [-0.2, 0) is 9.59 Å². The molecule has 2 aliphatic rings. The van der Waals surface area contributed by atoms with Gasteiger partial charge in [-0.3, -0.25) is 14.9 Å². The first kappa shape index (κ1) is 14.0. The van der Waals surface area contributed by atoms with Crippen LogP contribution in [0.4, 0.5) is 14.9 Å². The SMILES string of the molecule is O=C1NC(=O)C2(CCCC2)C(=O)N1c1ccc(Cl)cc1F. The van der Waals surface area contributed by atoms with E-state index in [0.717, 1.165) is 18.9 Å². The summed E-state index contributed by atoms with van der Waals surface area (Å²) in [6.45, 7) is 0. The van der Waals surface area contributed by atoms with Crippen molar-refractivity contribution in [3.63, 3.8) is 0 Å². The maximum Gasteiger partial charge on any atom is 0.335 e. The third-order valence-corrected chi connectivity index (χ3v) is 4.31. The molecule has 1 aromatic carbocycles. The first-order valence-electron chi connectivity index (χ1n) is 6.61. The fraction of sp³-hybridized carbons (Fsp3) is 0.357. The molecule has 0 bridgehead atoms. The van der Waals surface area contributed by atoms with Gasteiger partial charge in [0.15, 0.2) is 0 Å². The Balaban J connectivity index is 2.07. The minimum atomic E-state index is -1.25. The number of nitrogens with one attached hydrogen (secondary N) is 1. The average Bonchev–Trinajstić information content (AvgIpc) is 2.90. The zero-order valence-corrected chi connectivity index (χ0v) is 11.7. The Morgan fingerprint density at radius 3 is 2.48 bits per heavy atom. The van der Waals surface area contributed by atoms with Gasteiger partial charge in [-0.2, -0.15) is 0 Å². The van der Waals surface area contributed by atoms with Crippen LogP contribution in [0.3, 0.4) is 0 Å². The summed E-state index contributed by atoms with van der Waals surface area (Å²) in [5, 5.41) is 2.32. The van der Waals surface area contributed by atoms with E-state index in [0.29, 0.717) is 17.7 Å². The lowest BCUT2D eigenvalue weighted by Crippen LogP contribution is -2.63. The molecular weight excluding hydrogens is 299 g/mol. The predicted molar refractivity (Wildman–Crippen MR) is 73.3 cm³/mol. The van der Waals surface area contributed by atoms with Crippen LogP contribution in [0.5, 0.6) is 0 Å². The van der Waals surface area contributed by atoms with Crippen molar-refractivity contribution >= 4 is 35.1 Å². The lowest BCUT2D eigenvalue weighted by Gasteiger charge is -2.36. The van der Waals surface area contributed by atoms with Gasteiger partial charge in [-0.25, -0.2) is 14.1 Å². The molecule has 1 aliphatic carbocycles. The van der Waals surface area contributed by atoms with Crippen molar-refractivity contribution in [3.05, 3.63) is 29.0 Å². The number of barbiturate groups is 1. The molecule has 1 saturated carbocycles. The molecule has 1 aliphatic heterocycles. The molecule has 2 fully saturated rings. The van der Waals surface area contributed by atoms with Crippen molar-refractivity contribution in [2.24, 2.45) is 5.41 Å². The van der Waals surface area contributed by atoms with Crippen molar-refractivity contribution in [2.45, 2.75) is 25.7 Å². The molecule has 5 nitrogen and oxygen atoms in total. The summed E-state index contributed by atoms with van der Waals surface area (Å²) in [6.07, 6.45) is 2.20. The quantitative estimate of drug-likeness (QED) is 0.811. The number of carbonyl (C=O) groups excluding carboxylic acids is 3. The number of rotatable bonds is 1. The monoisotopic (exact) mass is 310 g/mol. The molecule has 1 spiro atoms. The van der Waals surface area contributed by atoms with Gasteiger partial charge in [-0.05, 0) is 31.0 Å². The average molecular weight is 311 g/mol. The van der Waals surface area contributed by atoms with Crippen LogP contribution < -0.4 is 10.2 Å². The summed E-state index contributed by atoms with van der Waals surface area (Å²) in [5.74, 6) is -2.02. The third-order valence-electron chi connectivity index (χ3n) is 4.08. The first-order chi connectivity index (χ1) is 9.95. The molecule has 0 atom stereocenters. The Hall–Kier alpha value is -1.95. The van der Waals surface area contributed by atoms with Gasteiger partial charge in [0, 0.05) is 5.02 Å². The van der Waals surface area contributed by atoms with Crippen LogP contribution in [0.15, 0.2) is 18.2 Å². The Labute approximate surface area is 125 Å². The van der Waals surface area contributed by atoms with Crippen molar-refractivity contribution < 1.29 is 18.8 Å². The number of halogens is 2. The van der Waals surface area contributed by atoms with E-state index in [-0.39, 0.29) is 10.7 Å². The number of nitrogens with zero attached hydrogens (tertiary/aromatic N) is 1. The van der Waals surface area contributed by atoms with E-state index < -0.39 is 29.1 Å². The van der Waals surface area contributed by atoms with E-state index in [1.165, 1.54) is 12.1 Å². The number of urea groups is 1. The minimum Gasteiger partial charge on any atom is -0.276 e. The molecule has 4 amide bonds. The van der Waals surface area contributed by atoms with Gasteiger partial charge in [-0.15, -0.1) is 0 Å². The molecule has 110 valence electrons. The molecule has 1 aromatic rings. The number of carbonyl (C=O) groups is 3. The van der Waals surface area contributed by atoms with E-state index in [9.17, 15) is 18.8 Å². The number of hydrogen-bond donors (Lipinski definition) is 1. The standard InChI is InChI=1S/C14H12ClFN2O3/c15-8-3-4-10(9(16)7-8)18-12(20)14(5-1-2-6-14)11(19)17-13(18)21/h3-4,7H,1-2,5-6H2,(H,17,19,21). The predicted octanol–water partition coefficient (Wildman–Crippen LogP) is 2.62. The zero-order chi connectivity index (χ0) is 15.2. The molecule has 0 unspecified atom stereocenters. The summed E-state index contributed by atoms with van der Waals surface area (Å²) in [5.41, 5.74) is -1.44. The summed E-state index contributed by atoms with van der Waals surface area (Å²) >= 11 is 5.67. The van der Waals surface area contributed by atoms with Crippen LogP contribution in [0.2, 0.25) is 5.02 Å². The second kappa shape index (κ2) is 4.80. The zero-order valence-electron chi connectivity index (χ0n) is 11.0. The van der Waals surface area contributed by atoms with E-state index in [1.54, 1.807) is 0 Å². The normalized spacial score (nSPS) is 21.0. The number of amides is 4. The molecule has 7 heteroatoms. The highest BCUT2D eigenvalue weighted by Crippen LogP contribution is 2.43. The maximum atomic E-state index is 14.0. The molecule has 1 heterocycles. The molecule has 1 N–H and O–H groups in total. The highest BCUT2D eigenvalue weighted by molar-refractivity contribution is 6.31. The second-order valence-corrected chi connectivity index (χ2v) is 5.72. The molecule has 3 rings (SSSR count). The molecule has 0 radical (unpaired) electrons. The molecule has 1 saturated heterocycles. The Morgan fingerprint density at radius 1 is 1.19 bits per heavy atom. The number of hydrogen-bond acceptors (Lipinski definition) is 3. The van der Waals surface area contributed by atoms with Gasteiger partial charge in [-0.1, -0.05) is 24.4 Å². The highest BCUT2D eigenvalue weighted by Gasteiger charge is 2.55. The van der Waals surface area contributed by atoms with Gasteiger partial charge in [0.25, 0.3) is 5.91 Å². The second-order valence-electron chi connectivity index (χ2n) is 5.28. The van der Waals surface area contributed by atoms with E-state index in [4.69, 9.17) is 11.6 Å². The van der Waals surface area contributed by atoms with E-state index in [2.05, 4.69) is 5.32 Å². The summed E-state index contributed by atoms with van der Waals surface area (Å²) in [7, 11) is 0. The van der Waals surface area contributed by atoms with Crippen molar-refractivity contribution in [3.8, 4) is 0 Å². The third kappa shape index (κ3) is 2.01. The lowest BCUT2D eigenvalue weighted by molar-refractivity contribution is -0.142. The summed E-state index contributed by atoms with van der Waals surface area (Å²) in [4.78, 5) is 37.4. The van der Waals surface area contributed by atoms with Crippen molar-refractivity contribution in [1.29, 1.82) is 0 Å². The first-order valence-corrected chi connectivity index (χ1v) is 6.98. The van der Waals surface area contributed by atoms with Gasteiger partial charge < -0.3 is 0 Å². The maximum absolute atomic E-state index is 14.0. The topological polar surface area (TPSA) is 66.5 Å². The Morgan fingerprint density at radius 2 is 1.86 bits per heavy atom. The number of anilines is 1. The van der Waals surface area contributed by atoms with Crippen molar-refractivity contribution in [2.75, 3.05) is 4.90 Å². The van der Waals surface area contributed by atoms with Crippen LogP contribution in [0.25, 0.3) is 0 Å². The van der Waals surface area contributed by atoms with Crippen LogP contribution >= 0.6 is 11.6 Å². The fourth-order valence-electron chi connectivity index (χ4n) is 2.98. The van der Waals surface area contributed by atoms with Gasteiger partial charge >= 0.3 is 6.03 Å². The van der Waals surface area contributed by atoms with Crippen LogP contribution in [0, 0.1) is 11.2 Å². The van der Waals surface area contributed by atoms with Gasteiger partial charge in [0.05, 0.1) is 5.69 Å². The Bertz CT molecular complexity index is 656. The van der Waals surface area contributed by atoms with E-state index in [1.807, 2.05) is 0 Å². The van der Waals surface area contributed by atoms with Gasteiger partial charge in [0.2, 0.25) is 5.91 Å². The fourth-order valence-corrected chi connectivity index (χ4v) is 3.14. The van der Waals surface area contributed by atoms with Crippen molar-refractivity contribution in [1.82, 2.24) is 5.32 Å². The molecule has 0 aromatic heterocycles. The molecule has 21 heavy (non-hydrogen) atoms. The largest absolute Gasteiger partial charge is 0.335 e. The van der Waals surface area contributed by atoms with Crippen LogP contribution in [0.1, 0.15) is 25.7 Å². The summed E-state index contributed by atoms with van der Waals surface area (Å²) < 4.78 is 14.0. The van der Waals surface area contributed by atoms with Crippen LogP contribution in [-0.4, -0.2) is 17.8 Å². The minimum absolute atomic E-state index is 0.160. The van der Waals surface area contributed by atoms with Gasteiger partial charge in [0.1, 0.15) is 11.2 Å². The summed E-state index contributed by atoms with van der Waals surface area (Å²) in [6, 6.07) is 2.74. The number of imide groups is 2. The lowest BCUT2D eigenvalue weighted by atomic mass is 9.82. The Kier molecular flexibility index (Phi) is 3.20. The number of benzene rings is 1. The smallest absolute Gasteiger partial charge is 0.276 e. The van der Waals surface area contributed by atoms with E-state index >= 15 is 0 Å². The highest BCUT2D eigenvalue weighted by atomic mass is 35.5.